The third-order valence-corrected chi connectivity index (χ3v) is 5.78. The van der Waals surface area contributed by atoms with Gasteiger partial charge in [0, 0.05) is 18.8 Å². The topological polar surface area (TPSA) is 65.0 Å². The van der Waals surface area contributed by atoms with Crippen LogP contribution in [0.4, 0.5) is 0 Å². The van der Waals surface area contributed by atoms with Gasteiger partial charge in [0.05, 0.1) is 24.4 Å². The highest BCUT2D eigenvalue weighted by Gasteiger charge is 2.46. The SMILES string of the molecule is CCCCCCC[C@H](O)/C=C/[C@H]1O[C@H]2C[C@H](O2)[C@@H]1C/C=C\CCCC(=O)OC(C)C. The van der Waals surface area contributed by atoms with E-state index in [1.165, 1.54) is 25.7 Å². The van der Waals surface area contributed by atoms with E-state index in [0.29, 0.717) is 6.42 Å². The van der Waals surface area contributed by atoms with Crippen molar-refractivity contribution in [3.8, 4) is 0 Å². The average molecular weight is 423 g/mol. The number of carbonyl (C=O) groups is 1. The van der Waals surface area contributed by atoms with E-state index in [1.54, 1.807) is 0 Å². The summed E-state index contributed by atoms with van der Waals surface area (Å²) in [6, 6.07) is 0. The summed E-state index contributed by atoms with van der Waals surface area (Å²) in [5.41, 5.74) is 0. The highest BCUT2D eigenvalue weighted by atomic mass is 16.7. The minimum Gasteiger partial charge on any atom is -0.463 e. The predicted molar refractivity (Wildman–Crippen MR) is 119 cm³/mol. The first kappa shape index (κ1) is 25.1. The van der Waals surface area contributed by atoms with Gasteiger partial charge in [-0.05, 0) is 39.5 Å². The Bertz CT molecular complexity index is 536. The van der Waals surface area contributed by atoms with Crippen LogP contribution in [-0.4, -0.2) is 41.8 Å². The Morgan fingerprint density at radius 1 is 1.13 bits per heavy atom. The standard InChI is InChI=1S/C25H42O5/c1-4-5-6-7-10-13-20(26)16-17-22-21(23-18-25(29-22)30-23)14-11-8-9-12-15-24(27)28-19(2)3/h8,11,16-17,19-23,25-26H,4-7,9-10,12-15,18H2,1-3H3/b11-8-,17-16+/t20-,21+,22+,23-,25+/m0/s1. The van der Waals surface area contributed by atoms with Gasteiger partial charge < -0.3 is 19.3 Å². The number of aliphatic hydroxyl groups excluding tert-OH is 1. The summed E-state index contributed by atoms with van der Waals surface area (Å²) >= 11 is 0. The lowest BCUT2D eigenvalue weighted by molar-refractivity contribution is -0.337. The smallest absolute Gasteiger partial charge is 0.306 e. The predicted octanol–water partition coefficient (Wildman–Crippen LogP) is 5.46. The van der Waals surface area contributed by atoms with E-state index < -0.39 is 6.10 Å². The van der Waals surface area contributed by atoms with Crippen molar-refractivity contribution < 1.29 is 24.1 Å². The van der Waals surface area contributed by atoms with Crippen LogP contribution in [0.2, 0.25) is 0 Å². The molecule has 0 saturated carbocycles. The molecule has 3 heterocycles. The molecule has 0 aromatic rings. The summed E-state index contributed by atoms with van der Waals surface area (Å²) in [4.78, 5) is 11.6. The molecule has 3 rings (SSSR count). The fraction of sp³-hybridized carbons (Fsp3) is 0.800. The zero-order valence-electron chi connectivity index (χ0n) is 19.1. The molecule has 3 aliphatic heterocycles. The molecule has 0 aromatic carbocycles. The molecule has 1 N–H and O–H groups in total. The number of hydrogen-bond acceptors (Lipinski definition) is 5. The monoisotopic (exact) mass is 422 g/mol. The number of allylic oxidation sites excluding steroid dienone is 2. The summed E-state index contributed by atoms with van der Waals surface area (Å²) in [7, 11) is 0. The highest BCUT2D eigenvalue weighted by molar-refractivity contribution is 5.69. The van der Waals surface area contributed by atoms with Gasteiger partial charge in [-0.25, -0.2) is 0 Å². The van der Waals surface area contributed by atoms with Crippen LogP contribution >= 0.6 is 0 Å². The molecule has 5 atom stereocenters. The Labute approximate surface area is 182 Å². The second-order valence-corrected chi connectivity index (χ2v) is 8.90. The molecular formula is C25H42O5. The van der Waals surface area contributed by atoms with Gasteiger partial charge in [-0.1, -0.05) is 63.3 Å². The summed E-state index contributed by atoms with van der Waals surface area (Å²) < 4.78 is 16.9. The van der Waals surface area contributed by atoms with Gasteiger partial charge in [-0.2, -0.15) is 0 Å². The minimum absolute atomic E-state index is 0.00270. The van der Waals surface area contributed by atoms with Crippen LogP contribution in [0.15, 0.2) is 24.3 Å². The van der Waals surface area contributed by atoms with Crippen LogP contribution < -0.4 is 0 Å². The fourth-order valence-corrected chi connectivity index (χ4v) is 4.05. The van der Waals surface area contributed by atoms with Crippen molar-refractivity contribution in [3.05, 3.63) is 24.3 Å². The van der Waals surface area contributed by atoms with Gasteiger partial charge in [-0.3, -0.25) is 4.79 Å². The largest absolute Gasteiger partial charge is 0.463 e. The summed E-state index contributed by atoms with van der Waals surface area (Å²) in [5.74, 6) is 0.160. The lowest BCUT2D eigenvalue weighted by Crippen LogP contribution is -2.55. The Balaban J connectivity index is 1.68. The van der Waals surface area contributed by atoms with Gasteiger partial charge in [0.2, 0.25) is 0 Å². The second-order valence-electron chi connectivity index (χ2n) is 8.90. The van der Waals surface area contributed by atoms with Crippen molar-refractivity contribution in [3.63, 3.8) is 0 Å². The molecule has 3 aliphatic rings. The summed E-state index contributed by atoms with van der Waals surface area (Å²) in [6.07, 6.45) is 18.8. The molecule has 3 fully saturated rings. The molecule has 0 amide bonds. The molecule has 0 aromatic heterocycles. The average Bonchev–Trinajstić information content (AvgIpc) is 2.67. The Kier molecular flexibility index (Phi) is 11.7. The number of unbranched alkanes of at least 4 members (excludes halogenated alkanes) is 5. The number of hydrogen-bond donors (Lipinski definition) is 1. The maximum atomic E-state index is 11.6. The maximum absolute atomic E-state index is 11.6. The molecular weight excluding hydrogens is 380 g/mol. The van der Waals surface area contributed by atoms with E-state index >= 15 is 0 Å². The maximum Gasteiger partial charge on any atom is 0.306 e. The van der Waals surface area contributed by atoms with E-state index in [4.69, 9.17) is 14.2 Å². The summed E-state index contributed by atoms with van der Waals surface area (Å²) in [6.45, 7) is 5.95. The van der Waals surface area contributed by atoms with Gasteiger partial charge in [0.25, 0.3) is 0 Å². The lowest BCUT2D eigenvalue weighted by atomic mass is 9.84. The molecule has 3 saturated heterocycles. The summed E-state index contributed by atoms with van der Waals surface area (Å²) in [5, 5.41) is 10.2. The van der Waals surface area contributed by atoms with Crippen molar-refractivity contribution in [2.45, 2.75) is 122 Å². The number of aliphatic hydroxyl groups is 1. The normalized spacial score (nSPS) is 27.0. The van der Waals surface area contributed by atoms with Crippen LogP contribution in [0, 0.1) is 5.92 Å². The van der Waals surface area contributed by atoms with E-state index in [1.807, 2.05) is 26.0 Å². The van der Waals surface area contributed by atoms with Crippen LogP contribution in [-0.2, 0) is 19.0 Å². The van der Waals surface area contributed by atoms with E-state index in [9.17, 15) is 9.90 Å². The van der Waals surface area contributed by atoms with Crippen LogP contribution in [0.25, 0.3) is 0 Å². The number of carbonyl (C=O) groups excluding carboxylic acids is 1. The van der Waals surface area contributed by atoms with Crippen molar-refractivity contribution >= 4 is 5.97 Å². The lowest BCUT2D eigenvalue weighted by Gasteiger charge is -2.49. The Morgan fingerprint density at radius 3 is 2.63 bits per heavy atom. The zero-order chi connectivity index (χ0) is 21.8. The van der Waals surface area contributed by atoms with E-state index in [-0.39, 0.29) is 36.5 Å². The van der Waals surface area contributed by atoms with Crippen LogP contribution in [0.1, 0.15) is 91.4 Å². The Hall–Kier alpha value is -1.17. The highest BCUT2D eigenvalue weighted by Crippen LogP contribution is 2.40. The van der Waals surface area contributed by atoms with Crippen molar-refractivity contribution in [2.75, 3.05) is 0 Å². The molecule has 0 spiro atoms. The molecule has 0 aliphatic carbocycles. The number of fused-ring (bicyclic) bond motifs is 2. The van der Waals surface area contributed by atoms with Crippen molar-refractivity contribution in [1.29, 1.82) is 0 Å². The first-order chi connectivity index (χ1) is 14.5. The molecule has 5 heteroatoms. The second kappa shape index (κ2) is 14.0. The third-order valence-electron chi connectivity index (χ3n) is 5.78. The molecule has 2 bridgehead atoms. The first-order valence-corrected chi connectivity index (χ1v) is 12.0. The number of ether oxygens (including phenoxy) is 3. The quantitative estimate of drug-likeness (QED) is 0.216. The molecule has 0 unspecified atom stereocenters. The third kappa shape index (κ3) is 9.32. The van der Waals surface area contributed by atoms with E-state index in [2.05, 4.69) is 19.1 Å². The van der Waals surface area contributed by atoms with Gasteiger partial charge >= 0.3 is 5.97 Å². The van der Waals surface area contributed by atoms with E-state index in [0.717, 1.165) is 38.5 Å². The van der Waals surface area contributed by atoms with Crippen LogP contribution in [0.3, 0.4) is 0 Å². The molecule has 172 valence electrons. The zero-order valence-corrected chi connectivity index (χ0v) is 19.1. The number of esters is 1. The van der Waals surface area contributed by atoms with Gasteiger partial charge in [0.1, 0.15) is 0 Å². The van der Waals surface area contributed by atoms with Gasteiger partial charge in [-0.15, -0.1) is 0 Å². The molecule has 5 nitrogen and oxygen atoms in total. The molecule has 0 radical (unpaired) electrons. The van der Waals surface area contributed by atoms with Crippen LogP contribution in [0.5, 0.6) is 0 Å². The minimum atomic E-state index is -0.392. The van der Waals surface area contributed by atoms with Crippen molar-refractivity contribution in [2.24, 2.45) is 5.92 Å². The van der Waals surface area contributed by atoms with Gasteiger partial charge in [0.15, 0.2) is 6.29 Å². The molecule has 30 heavy (non-hydrogen) atoms. The number of rotatable bonds is 15. The van der Waals surface area contributed by atoms with Crippen molar-refractivity contribution in [1.82, 2.24) is 0 Å². The first-order valence-electron chi connectivity index (χ1n) is 12.0. The Morgan fingerprint density at radius 2 is 1.90 bits per heavy atom. The fourth-order valence-electron chi connectivity index (χ4n) is 4.05.